The van der Waals surface area contributed by atoms with Crippen molar-refractivity contribution < 1.29 is 45.1 Å². The molecular formula is C29H31F5N2O5S. The van der Waals surface area contributed by atoms with E-state index in [1.807, 2.05) is 0 Å². The number of likely N-dealkylation sites (tertiary alicyclic amines) is 1. The molecule has 228 valence electrons. The van der Waals surface area contributed by atoms with E-state index in [0.717, 1.165) is 36.5 Å². The van der Waals surface area contributed by atoms with Gasteiger partial charge in [-0.05, 0) is 92.8 Å². The van der Waals surface area contributed by atoms with Crippen LogP contribution in [0.3, 0.4) is 0 Å². The monoisotopic (exact) mass is 614 g/mol. The van der Waals surface area contributed by atoms with Gasteiger partial charge < -0.3 is 10.0 Å². The number of aromatic nitrogens is 1. The highest BCUT2D eigenvalue weighted by Crippen LogP contribution is 2.54. The average Bonchev–Trinajstić information content (AvgIpc) is 3.33. The number of aryl methyl sites for hydroxylation is 1. The van der Waals surface area contributed by atoms with Crippen LogP contribution in [0.15, 0.2) is 41.4 Å². The standard InChI is InChI=1S/C29H31F5N2O5S/c1-16-13-18(26(38)39)3-9-21(16)25(37)36-12-11-28(42(40,41)20-7-5-19(30)6-8-20)22-15-35-23(27(2,31)29(32,33)34)14-17(22)4-10-24(28)36/h5-8,14-16,18,21,24H,3-4,9-13H2,1-2H3,(H,38,39)/t16-,18+,21+,24?,27?,28?/m0/s1. The highest BCUT2D eigenvalue weighted by Gasteiger charge is 2.62. The molecule has 42 heavy (non-hydrogen) atoms. The maximum absolute atomic E-state index is 14.9. The number of carbonyl (C=O) groups excluding carboxylic acids is 1. The van der Waals surface area contributed by atoms with E-state index in [1.165, 1.54) is 4.90 Å². The van der Waals surface area contributed by atoms with Gasteiger partial charge in [0.15, 0.2) is 9.84 Å². The zero-order valence-corrected chi connectivity index (χ0v) is 23.8. The van der Waals surface area contributed by atoms with Crippen molar-refractivity contribution in [1.29, 1.82) is 0 Å². The van der Waals surface area contributed by atoms with Gasteiger partial charge in [0.2, 0.25) is 11.6 Å². The fourth-order valence-corrected chi connectivity index (χ4v) is 9.44. The summed E-state index contributed by atoms with van der Waals surface area (Å²) in [4.78, 5) is 30.5. The Kier molecular flexibility index (Phi) is 7.43. The first-order valence-electron chi connectivity index (χ1n) is 13.8. The van der Waals surface area contributed by atoms with Gasteiger partial charge in [-0.15, -0.1) is 0 Å². The smallest absolute Gasteiger partial charge is 0.428 e. The van der Waals surface area contributed by atoms with Crippen LogP contribution in [0.5, 0.6) is 0 Å². The third-order valence-corrected chi connectivity index (χ3v) is 12.1. The lowest BCUT2D eigenvalue weighted by Crippen LogP contribution is -2.54. The summed E-state index contributed by atoms with van der Waals surface area (Å²) >= 11 is 0. The van der Waals surface area contributed by atoms with Crippen LogP contribution in [-0.4, -0.2) is 54.0 Å². The van der Waals surface area contributed by atoms with Crippen molar-refractivity contribution in [2.75, 3.05) is 6.54 Å². The maximum atomic E-state index is 14.9. The van der Waals surface area contributed by atoms with Gasteiger partial charge in [0.1, 0.15) is 10.6 Å². The quantitative estimate of drug-likeness (QED) is 0.361. The second kappa shape index (κ2) is 10.3. The van der Waals surface area contributed by atoms with E-state index in [2.05, 4.69) is 4.98 Å². The van der Waals surface area contributed by atoms with Gasteiger partial charge in [0.05, 0.1) is 22.5 Å². The molecule has 7 nitrogen and oxygen atoms in total. The molecule has 5 rings (SSSR count). The van der Waals surface area contributed by atoms with Crippen LogP contribution in [-0.2, 0) is 36.3 Å². The molecule has 1 amide bonds. The van der Waals surface area contributed by atoms with Crippen LogP contribution in [0, 0.1) is 23.6 Å². The Bertz CT molecular complexity index is 1510. The summed E-state index contributed by atoms with van der Waals surface area (Å²) in [5.41, 5.74) is -4.37. The molecule has 1 saturated carbocycles. The molecule has 1 aliphatic heterocycles. The predicted octanol–water partition coefficient (Wildman–Crippen LogP) is 5.32. The van der Waals surface area contributed by atoms with E-state index in [-0.39, 0.29) is 53.7 Å². The lowest BCUT2D eigenvalue weighted by atomic mass is 9.74. The Labute approximate surface area is 240 Å². The van der Waals surface area contributed by atoms with E-state index in [9.17, 15) is 45.1 Å². The Balaban J connectivity index is 1.60. The molecule has 0 bridgehead atoms. The van der Waals surface area contributed by atoms with Crippen molar-refractivity contribution in [2.45, 2.75) is 79.9 Å². The number of nitrogens with zero attached hydrogens (tertiary/aromatic N) is 2. The summed E-state index contributed by atoms with van der Waals surface area (Å²) < 4.78 is 96.1. The van der Waals surface area contributed by atoms with Crippen LogP contribution in [0.1, 0.15) is 62.8 Å². The summed E-state index contributed by atoms with van der Waals surface area (Å²) in [6.45, 7) is 2.18. The zero-order chi connectivity index (χ0) is 30.8. The van der Waals surface area contributed by atoms with Crippen LogP contribution < -0.4 is 0 Å². The fourth-order valence-electron chi connectivity index (χ4n) is 7.09. The summed E-state index contributed by atoms with van der Waals surface area (Å²) in [6, 6.07) is 4.23. The molecule has 1 aromatic carbocycles. The Morgan fingerprint density at radius 2 is 1.76 bits per heavy atom. The van der Waals surface area contributed by atoms with Gasteiger partial charge in [-0.2, -0.15) is 13.2 Å². The largest absolute Gasteiger partial charge is 0.481 e. The number of carboxylic acid groups (broad SMARTS) is 1. The highest BCUT2D eigenvalue weighted by molar-refractivity contribution is 7.92. The summed E-state index contributed by atoms with van der Waals surface area (Å²) in [6.07, 6.45) is -3.27. The zero-order valence-electron chi connectivity index (χ0n) is 23.0. The number of pyridine rings is 1. The summed E-state index contributed by atoms with van der Waals surface area (Å²) in [5.74, 6) is -3.24. The van der Waals surface area contributed by atoms with Gasteiger partial charge in [-0.1, -0.05) is 6.92 Å². The number of carboxylic acids is 1. The van der Waals surface area contributed by atoms with E-state index in [0.29, 0.717) is 26.2 Å². The second-order valence-corrected chi connectivity index (χ2v) is 14.0. The molecule has 3 unspecified atom stereocenters. The molecule has 2 aliphatic carbocycles. The van der Waals surface area contributed by atoms with Gasteiger partial charge in [0, 0.05) is 18.7 Å². The molecule has 1 N–H and O–H groups in total. The van der Waals surface area contributed by atoms with Gasteiger partial charge in [0.25, 0.3) is 0 Å². The van der Waals surface area contributed by atoms with Gasteiger partial charge >= 0.3 is 12.1 Å². The number of hydrogen-bond donors (Lipinski definition) is 1. The first-order chi connectivity index (χ1) is 19.5. The molecule has 0 spiro atoms. The van der Waals surface area contributed by atoms with Crippen molar-refractivity contribution in [1.82, 2.24) is 9.88 Å². The third kappa shape index (κ3) is 4.58. The van der Waals surface area contributed by atoms with E-state index in [1.54, 1.807) is 6.92 Å². The first-order valence-corrected chi connectivity index (χ1v) is 15.3. The Morgan fingerprint density at radius 3 is 2.36 bits per heavy atom. The van der Waals surface area contributed by atoms with Crippen LogP contribution in [0.4, 0.5) is 22.0 Å². The predicted molar refractivity (Wildman–Crippen MR) is 140 cm³/mol. The van der Waals surface area contributed by atoms with Gasteiger partial charge in [-0.25, -0.2) is 17.2 Å². The first kappa shape index (κ1) is 30.4. The van der Waals surface area contributed by atoms with Gasteiger partial charge in [-0.3, -0.25) is 14.6 Å². The number of carbonyl (C=O) groups is 2. The molecule has 13 heteroatoms. The second-order valence-electron chi connectivity index (χ2n) is 11.8. The minimum absolute atomic E-state index is 0.0278. The van der Waals surface area contributed by atoms with Crippen LogP contribution >= 0.6 is 0 Å². The van der Waals surface area contributed by atoms with Crippen molar-refractivity contribution in [3.05, 3.63) is 59.2 Å². The topological polar surface area (TPSA) is 105 Å². The summed E-state index contributed by atoms with van der Waals surface area (Å²) in [7, 11) is -4.39. The number of amides is 1. The highest BCUT2D eigenvalue weighted by atomic mass is 32.2. The number of rotatable bonds is 5. The van der Waals surface area contributed by atoms with Crippen molar-refractivity contribution in [2.24, 2.45) is 17.8 Å². The number of hydrogen-bond acceptors (Lipinski definition) is 5. The molecule has 1 saturated heterocycles. The van der Waals surface area contributed by atoms with E-state index in [4.69, 9.17) is 0 Å². The number of aliphatic carboxylic acids is 1. The lowest BCUT2D eigenvalue weighted by molar-refractivity contribution is -0.230. The average molecular weight is 615 g/mol. The number of alkyl halides is 4. The number of fused-ring (bicyclic) bond motifs is 3. The molecule has 6 atom stereocenters. The molecule has 2 aromatic rings. The van der Waals surface area contributed by atoms with Crippen LogP contribution in [0.25, 0.3) is 0 Å². The number of sulfone groups is 1. The van der Waals surface area contributed by atoms with E-state index < -0.39 is 61.8 Å². The minimum Gasteiger partial charge on any atom is -0.481 e. The molecule has 1 aromatic heterocycles. The fraction of sp³-hybridized carbons (Fsp3) is 0.552. The molecule has 2 heterocycles. The Hall–Kier alpha value is -3.09. The number of halogens is 5. The molecule has 2 fully saturated rings. The molecule has 0 radical (unpaired) electrons. The number of benzene rings is 1. The van der Waals surface area contributed by atoms with Crippen LogP contribution in [0.2, 0.25) is 0 Å². The lowest BCUT2D eigenvalue weighted by Gasteiger charge is -2.44. The molecular weight excluding hydrogens is 583 g/mol. The normalized spacial score (nSPS) is 29.4. The van der Waals surface area contributed by atoms with Crippen molar-refractivity contribution in [3.63, 3.8) is 0 Å². The maximum Gasteiger partial charge on any atom is 0.428 e. The Morgan fingerprint density at radius 1 is 1.10 bits per heavy atom. The third-order valence-electron chi connectivity index (χ3n) is 9.51. The SMILES string of the molecule is C[C@H]1C[C@H](C(=O)O)CC[C@H]1C(=O)N1CCC2(S(=O)(=O)c3ccc(F)cc3)c3cnc(C(C)(F)C(F)(F)F)cc3CCC12. The molecule has 3 aliphatic rings. The minimum atomic E-state index is -5.25. The van der Waals surface area contributed by atoms with Crippen molar-refractivity contribution >= 4 is 21.7 Å². The van der Waals surface area contributed by atoms with Crippen molar-refractivity contribution in [3.8, 4) is 0 Å². The van der Waals surface area contributed by atoms with E-state index >= 15 is 0 Å². The summed E-state index contributed by atoms with van der Waals surface area (Å²) in [5, 5.41) is 9.43.